The van der Waals surface area contributed by atoms with Crippen molar-refractivity contribution in [2.24, 2.45) is 0 Å². The maximum absolute atomic E-state index is 5.55. The molecule has 0 aliphatic rings. The zero-order chi connectivity index (χ0) is 14.5. The van der Waals surface area contributed by atoms with Crippen LogP contribution in [0.5, 0.6) is 0 Å². The van der Waals surface area contributed by atoms with Gasteiger partial charge in [0.15, 0.2) is 5.82 Å². The fraction of sp³-hybridized carbons (Fsp3) is 0.0588. The van der Waals surface area contributed by atoms with Crippen molar-refractivity contribution in [3.05, 3.63) is 77.9 Å². The number of anilines is 3. The lowest BCUT2D eigenvalue weighted by Crippen LogP contribution is -2.01. The number of nitrogens with zero attached hydrogens (tertiary/aromatic N) is 2. The Hall–Kier alpha value is -2.88. The Bertz CT molecular complexity index is 708. The lowest BCUT2D eigenvalue weighted by atomic mass is 10.0. The molecule has 0 amide bonds. The first-order valence-corrected chi connectivity index (χ1v) is 6.79. The molecule has 0 saturated heterocycles. The number of nitrogen functional groups attached to an aromatic ring is 1. The first-order chi connectivity index (χ1) is 10.3. The number of rotatable bonds is 4. The van der Waals surface area contributed by atoms with Crippen molar-refractivity contribution >= 4 is 17.3 Å². The van der Waals surface area contributed by atoms with Crippen molar-refractivity contribution in [3.63, 3.8) is 0 Å². The Morgan fingerprint density at radius 1 is 0.810 bits per heavy atom. The standard InChI is InChI=1S/C17H16N4/c18-16-10-11-17(21-20-16)19-15-9-5-4-8-14(15)12-13-6-2-1-3-7-13/h1-11H,12H2,(H2,18,20)(H,19,21). The molecule has 3 rings (SSSR count). The molecule has 4 nitrogen and oxygen atoms in total. The molecule has 1 aromatic heterocycles. The van der Waals surface area contributed by atoms with Crippen LogP contribution in [0.3, 0.4) is 0 Å². The quantitative estimate of drug-likeness (QED) is 0.766. The number of benzene rings is 2. The van der Waals surface area contributed by atoms with E-state index in [1.54, 1.807) is 6.07 Å². The van der Waals surface area contributed by atoms with Gasteiger partial charge in [-0.05, 0) is 35.7 Å². The molecule has 104 valence electrons. The number of para-hydroxylation sites is 1. The molecule has 2 aromatic carbocycles. The highest BCUT2D eigenvalue weighted by Crippen LogP contribution is 2.22. The van der Waals surface area contributed by atoms with Gasteiger partial charge >= 0.3 is 0 Å². The van der Waals surface area contributed by atoms with E-state index in [1.165, 1.54) is 11.1 Å². The predicted octanol–water partition coefficient (Wildman–Crippen LogP) is 3.39. The molecule has 21 heavy (non-hydrogen) atoms. The minimum Gasteiger partial charge on any atom is -0.382 e. The number of hydrogen-bond donors (Lipinski definition) is 2. The highest BCUT2D eigenvalue weighted by molar-refractivity contribution is 5.61. The summed E-state index contributed by atoms with van der Waals surface area (Å²) in [5, 5.41) is 11.2. The summed E-state index contributed by atoms with van der Waals surface area (Å²) in [6, 6.07) is 22.1. The van der Waals surface area contributed by atoms with E-state index in [-0.39, 0.29) is 0 Å². The molecule has 0 spiro atoms. The SMILES string of the molecule is Nc1ccc(Nc2ccccc2Cc2ccccc2)nn1. The summed E-state index contributed by atoms with van der Waals surface area (Å²) in [5.41, 5.74) is 9.06. The summed E-state index contributed by atoms with van der Waals surface area (Å²) < 4.78 is 0. The molecule has 0 unspecified atom stereocenters. The lowest BCUT2D eigenvalue weighted by Gasteiger charge is -2.11. The van der Waals surface area contributed by atoms with E-state index in [2.05, 4.69) is 45.8 Å². The molecule has 0 saturated carbocycles. The highest BCUT2D eigenvalue weighted by Gasteiger charge is 2.04. The van der Waals surface area contributed by atoms with Gasteiger partial charge in [0.05, 0.1) is 0 Å². The van der Waals surface area contributed by atoms with Crippen LogP contribution < -0.4 is 11.1 Å². The first-order valence-electron chi connectivity index (χ1n) is 6.79. The van der Waals surface area contributed by atoms with Crippen molar-refractivity contribution in [3.8, 4) is 0 Å². The van der Waals surface area contributed by atoms with Crippen LogP contribution in [0, 0.1) is 0 Å². The van der Waals surface area contributed by atoms with E-state index in [0.29, 0.717) is 11.6 Å². The summed E-state index contributed by atoms with van der Waals surface area (Å²) in [7, 11) is 0. The van der Waals surface area contributed by atoms with Crippen molar-refractivity contribution < 1.29 is 0 Å². The van der Waals surface area contributed by atoms with Crippen LogP contribution in [0.2, 0.25) is 0 Å². The molecular weight excluding hydrogens is 260 g/mol. The van der Waals surface area contributed by atoms with Crippen LogP contribution >= 0.6 is 0 Å². The molecule has 0 bridgehead atoms. The van der Waals surface area contributed by atoms with E-state index in [9.17, 15) is 0 Å². The van der Waals surface area contributed by atoms with Gasteiger partial charge in [-0.2, -0.15) is 0 Å². The van der Waals surface area contributed by atoms with Gasteiger partial charge in [-0.25, -0.2) is 0 Å². The van der Waals surface area contributed by atoms with Crippen molar-refractivity contribution in [1.29, 1.82) is 0 Å². The average molecular weight is 276 g/mol. The van der Waals surface area contributed by atoms with E-state index in [4.69, 9.17) is 5.73 Å². The second-order valence-corrected chi connectivity index (χ2v) is 4.79. The van der Waals surface area contributed by atoms with Gasteiger partial charge in [-0.15, -0.1) is 10.2 Å². The molecule has 0 radical (unpaired) electrons. The van der Waals surface area contributed by atoms with Crippen LogP contribution in [0.15, 0.2) is 66.7 Å². The average Bonchev–Trinajstić information content (AvgIpc) is 2.52. The predicted molar refractivity (Wildman–Crippen MR) is 85.4 cm³/mol. The van der Waals surface area contributed by atoms with Crippen LogP contribution in [-0.2, 0) is 6.42 Å². The van der Waals surface area contributed by atoms with Crippen molar-refractivity contribution in [1.82, 2.24) is 10.2 Å². The molecule has 0 atom stereocenters. The number of hydrogen-bond acceptors (Lipinski definition) is 4. The van der Waals surface area contributed by atoms with Gasteiger partial charge in [0.2, 0.25) is 0 Å². The zero-order valence-corrected chi connectivity index (χ0v) is 11.5. The highest BCUT2D eigenvalue weighted by atomic mass is 15.2. The third-order valence-electron chi connectivity index (χ3n) is 3.20. The third-order valence-corrected chi connectivity index (χ3v) is 3.20. The van der Waals surface area contributed by atoms with Gasteiger partial charge in [0, 0.05) is 5.69 Å². The van der Waals surface area contributed by atoms with Crippen LogP contribution in [0.4, 0.5) is 17.3 Å². The number of nitrogens with one attached hydrogen (secondary N) is 1. The molecule has 0 fully saturated rings. The minimum atomic E-state index is 0.415. The van der Waals surface area contributed by atoms with Gasteiger partial charge in [-0.1, -0.05) is 48.5 Å². The van der Waals surface area contributed by atoms with Gasteiger partial charge < -0.3 is 11.1 Å². The first kappa shape index (κ1) is 13.1. The normalized spacial score (nSPS) is 10.3. The lowest BCUT2D eigenvalue weighted by molar-refractivity contribution is 1.04. The summed E-state index contributed by atoms with van der Waals surface area (Å²) >= 11 is 0. The monoisotopic (exact) mass is 276 g/mol. The number of aromatic nitrogens is 2. The van der Waals surface area contributed by atoms with Crippen molar-refractivity contribution in [2.75, 3.05) is 11.1 Å². The second kappa shape index (κ2) is 6.05. The molecule has 1 heterocycles. The summed E-state index contributed by atoms with van der Waals surface area (Å²) in [4.78, 5) is 0. The topological polar surface area (TPSA) is 63.8 Å². The maximum atomic E-state index is 5.55. The van der Waals surface area contributed by atoms with E-state index in [1.807, 2.05) is 30.3 Å². The number of nitrogens with two attached hydrogens (primary N) is 1. The Balaban J connectivity index is 1.84. The fourth-order valence-corrected chi connectivity index (χ4v) is 2.16. The summed E-state index contributed by atoms with van der Waals surface area (Å²) in [5.74, 6) is 1.10. The van der Waals surface area contributed by atoms with Gasteiger partial charge in [0.25, 0.3) is 0 Å². The van der Waals surface area contributed by atoms with Crippen LogP contribution in [0.25, 0.3) is 0 Å². The second-order valence-electron chi connectivity index (χ2n) is 4.79. The van der Waals surface area contributed by atoms with Crippen LogP contribution in [0.1, 0.15) is 11.1 Å². The fourth-order valence-electron chi connectivity index (χ4n) is 2.16. The third kappa shape index (κ3) is 3.36. The molecule has 0 aliphatic heterocycles. The van der Waals surface area contributed by atoms with Crippen LogP contribution in [-0.4, -0.2) is 10.2 Å². The van der Waals surface area contributed by atoms with E-state index in [0.717, 1.165) is 12.1 Å². The largest absolute Gasteiger partial charge is 0.382 e. The summed E-state index contributed by atoms with van der Waals surface area (Å²) in [6.07, 6.45) is 0.867. The maximum Gasteiger partial charge on any atom is 0.153 e. The Morgan fingerprint density at radius 3 is 2.33 bits per heavy atom. The van der Waals surface area contributed by atoms with Gasteiger partial charge in [0.1, 0.15) is 5.82 Å². The molecular formula is C17H16N4. The van der Waals surface area contributed by atoms with E-state index >= 15 is 0 Å². The van der Waals surface area contributed by atoms with Crippen molar-refractivity contribution in [2.45, 2.75) is 6.42 Å². The minimum absolute atomic E-state index is 0.415. The Kier molecular flexibility index (Phi) is 3.78. The van der Waals surface area contributed by atoms with E-state index < -0.39 is 0 Å². The molecule has 3 aromatic rings. The smallest absolute Gasteiger partial charge is 0.153 e. The zero-order valence-electron chi connectivity index (χ0n) is 11.5. The Morgan fingerprint density at radius 2 is 1.57 bits per heavy atom. The Labute approximate surface area is 123 Å². The molecule has 4 heteroatoms. The molecule has 3 N–H and O–H groups in total. The molecule has 0 aliphatic carbocycles. The van der Waals surface area contributed by atoms with Gasteiger partial charge in [-0.3, -0.25) is 0 Å². The summed E-state index contributed by atoms with van der Waals surface area (Å²) in [6.45, 7) is 0.